The minimum Gasteiger partial charge on any atom is -0.489 e. The average molecular weight is 439 g/mol. The second-order valence-electron chi connectivity index (χ2n) is 8.00. The van der Waals surface area contributed by atoms with Crippen molar-refractivity contribution in [2.45, 2.75) is 25.5 Å². The van der Waals surface area contributed by atoms with Crippen LogP contribution < -0.4 is 15.8 Å². The first kappa shape index (κ1) is 22.1. The normalized spacial score (nSPS) is 11.6. The molecule has 0 saturated carbocycles. The van der Waals surface area contributed by atoms with Gasteiger partial charge in [0.25, 0.3) is 0 Å². The molecule has 3 N–H and O–H groups in total. The molecule has 0 saturated heterocycles. The fraction of sp³-hybridized carbons (Fsp3) is 0.143. The number of fused-ring (bicyclic) bond motifs is 1. The second kappa shape index (κ2) is 10.5. The maximum Gasteiger partial charge on any atom is 0.240 e. The Balaban J connectivity index is 1.33. The van der Waals surface area contributed by atoms with Gasteiger partial charge < -0.3 is 15.8 Å². The van der Waals surface area contributed by atoms with Gasteiger partial charge in [0.1, 0.15) is 18.4 Å². The molecule has 0 aliphatic carbocycles. The van der Waals surface area contributed by atoms with E-state index in [2.05, 4.69) is 5.32 Å². The Hall–Kier alpha value is -4.12. The molecule has 166 valence electrons. The van der Waals surface area contributed by atoms with Crippen LogP contribution in [0.15, 0.2) is 97.1 Å². The van der Waals surface area contributed by atoms with E-state index in [9.17, 15) is 9.59 Å². The highest BCUT2D eigenvalue weighted by molar-refractivity contribution is 5.89. The largest absolute Gasteiger partial charge is 0.489 e. The molecule has 2 amide bonds. The topological polar surface area (TPSA) is 81.4 Å². The quantitative estimate of drug-likeness (QED) is 0.411. The van der Waals surface area contributed by atoms with E-state index in [1.807, 2.05) is 97.1 Å². The van der Waals surface area contributed by atoms with Gasteiger partial charge in [0.2, 0.25) is 11.8 Å². The summed E-state index contributed by atoms with van der Waals surface area (Å²) in [6.45, 7) is 0.481. The highest BCUT2D eigenvalue weighted by Crippen LogP contribution is 2.17. The van der Waals surface area contributed by atoms with Gasteiger partial charge in [-0.25, -0.2) is 0 Å². The van der Waals surface area contributed by atoms with E-state index in [0.29, 0.717) is 13.0 Å². The van der Waals surface area contributed by atoms with Crippen LogP contribution in [-0.2, 0) is 29.0 Å². The number of carbonyl (C=O) groups excluding carboxylic acids is 2. The number of hydrogen-bond donors (Lipinski definition) is 2. The summed E-state index contributed by atoms with van der Waals surface area (Å²) in [4.78, 5) is 24.6. The van der Waals surface area contributed by atoms with Gasteiger partial charge >= 0.3 is 0 Å². The highest BCUT2D eigenvalue weighted by Gasteiger charge is 2.19. The number of benzene rings is 4. The molecule has 4 aromatic rings. The molecule has 4 aromatic carbocycles. The van der Waals surface area contributed by atoms with Crippen LogP contribution in [-0.4, -0.2) is 17.9 Å². The van der Waals surface area contributed by atoms with Crippen LogP contribution in [0.3, 0.4) is 0 Å². The summed E-state index contributed by atoms with van der Waals surface area (Å²) in [5.74, 6) is -0.0678. The van der Waals surface area contributed by atoms with Crippen molar-refractivity contribution >= 4 is 22.6 Å². The van der Waals surface area contributed by atoms with E-state index in [4.69, 9.17) is 10.5 Å². The van der Waals surface area contributed by atoms with Crippen molar-refractivity contribution in [3.8, 4) is 5.75 Å². The van der Waals surface area contributed by atoms with E-state index < -0.39 is 11.9 Å². The first-order valence-corrected chi connectivity index (χ1v) is 10.9. The zero-order chi connectivity index (χ0) is 23.0. The first-order chi connectivity index (χ1) is 16.1. The van der Waals surface area contributed by atoms with Gasteiger partial charge in [0, 0.05) is 6.42 Å². The van der Waals surface area contributed by atoms with Gasteiger partial charge in [0.05, 0.1) is 6.42 Å². The number of nitrogens with two attached hydrogens (primary N) is 1. The van der Waals surface area contributed by atoms with Crippen LogP contribution in [0.5, 0.6) is 5.75 Å². The standard InChI is InChI=1S/C28H26N2O3/c29-28(32)26(30-27(31)18-22-10-13-23-8-4-5-9-24(23)16-22)17-20-11-14-25(15-12-20)33-19-21-6-2-1-3-7-21/h1-16,26H,17-19H2,(H2,29,32)(H,30,31)/t26-/m1/s1. The van der Waals surface area contributed by atoms with Gasteiger partial charge in [0.15, 0.2) is 0 Å². The van der Waals surface area contributed by atoms with Gasteiger partial charge in [-0.3, -0.25) is 9.59 Å². The molecule has 0 fully saturated rings. The summed E-state index contributed by atoms with van der Waals surface area (Å²) in [5, 5.41) is 4.97. The molecule has 33 heavy (non-hydrogen) atoms. The lowest BCUT2D eigenvalue weighted by molar-refractivity contribution is -0.127. The molecule has 0 aromatic heterocycles. The number of carbonyl (C=O) groups is 2. The number of amides is 2. The molecule has 5 heteroatoms. The molecule has 0 aliphatic rings. The van der Waals surface area contributed by atoms with Crippen LogP contribution in [0.25, 0.3) is 10.8 Å². The van der Waals surface area contributed by atoms with Crippen molar-refractivity contribution in [1.29, 1.82) is 0 Å². The summed E-state index contributed by atoms with van der Waals surface area (Å²) in [5.41, 5.74) is 8.42. The maximum atomic E-state index is 12.6. The molecule has 1 atom stereocenters. The number of rotatable bonds is 9. The summed E-state index contributed by atoms with van der Waals surface area (Å²) in [6, 6.07) is 30.5. The lowest BCUT2D eigenvalue weighted by Crippen LogP contribution is -2.46. The molecule has 5 nitrogen and oxygen atoms in total. The fourth-order valence-corrected chi connectivity index (χ4v) is 3.70. The molecule has 0 bridgehead atoms. The summed E-state index contributed by atoms with van der Waals surface area (Å²) < 4.78 is 5.80. The lowest BCUT2D eigenvalue weighted by atomic mass is 10.0. The number of ether oxygens (including phenoxy) is 1. The fourth-order valence-electron chi connectivity index (χ4n) is 3.70. The smallest absolute Gasteiger partial charge is 0.240 e. The van der Waals surface area contributed by atoms with Gasteiger partial charge in [-0.05, 0) is 39.6 Å². The predicted octanol–water partition coefficient (Wildman–Crippen LogP) is 4.17. The molecule has 0 heterocycles. The number of primary amides is 1. The lowest BCUT2D eigenvalue weighted by Gasteiger charge is -2.16. The molecule has 4 rings (SSSR count). The summed E-state index contributed by atoms with van der Waals surface area (Å²) in [6.07, 6.45) is 0.499. The first-order valence-electron chi connectivity index (χ1n) is 10.9. The predicted molar refractivity (Wildman–Crippen MR) is 130 cm³/mol. The van der Waals surface area contributed by atoms with Gasteiger partial charge in [-0.2, -0.15) is 0 Å². The molecular formula is C28H26N2O3. The zero-order valence-electron chi connectivity index (χ0n) is 18.2. The van der Waals surface area contributed by atoms with E-state index in [0.717, 1.165) is 33.2 Å². The van der Waals surface area contributed by atoms with Crippen LogP contribution in [0.1, 0.15) is 16.7 Å². The Morgan fingerprint density at radius 1 is 0.758 bits per heavy atom. The van der Waals surface area contributed by atoms with Gasteiger partial charge in [-0.1, -0.05) is 84.9 Å². The van der Waals surface area contributed by atoms with E-state index >= 15 is 0 Å². The molecule has 0 unspecified atom stereocenters. The van der Waals surface area contributed by atoms with Crippen molar-refractivity contribution in [2.75, 3.05) is 0 Å². The van der Waals surface area contributed by atoms with Crippen molar-refractivity contribution in [3.63, 3.8) is 0 Å². The molecule has 0 radical (unpaired) electrons. The Bertz CT molecular complexity index is 1240. The Morgan fingerprint density at radius 3 is 2.15 bits per heavy atom. The van der Waals surface area contributed by atoms with E-state index in [1.54, 1.807) is 0 Å². The van der Waals surface area contributed by atoms with Crippen LogP contribution in [0.4, 0.5) is 0 Å². The summed E-state index contributed by atoms with van der Waals surface area (Å²) >= 11 is 0. The molecule has 0 aliphatic heterocycles. The average Bonchev–Trinajstić information content (AvgIpc) is 2.83. The van der Waals surface area contributed by atoms with Crippen LogP contribution in [0, 0.1) is 0 Å². The Morgan fingerprint density at radius 2 is 1.42 bits per heavy atom. The Labute approximate surface area is 193 Å². The minimum atomic E-state index is -0.783. The van der Waals surface area contributed by atoms with Gasteiger partial charge in [-0.15, -0.1) is 0 Å². The SMILES string of the molecule is NC(=O)[C@@H](Cc1ccc(OCc2ccccc2)cc1)NC(=O)Cc1ccc2ccccc2c1. The number of nitrogens with one attached hydrogen (secondary N) is 1. The monoisotopic (exact) mass is 438 g/mol. The molecule has 0 spiro atoms. The van der Waals surface area contributed by atoms with Crippen molar-refractivity contribution in [2.24, 2.45) is 5.73 Å². The third kappa shape index (κ3) is 6.20. The number of hydrogen-bond acceptors (Lipinski definition) is 3. The zero-order valence-corrected chi connectivity index (χ0v) is 18.2. The highest BCUT2D eigenvalue weighted by atomic mass is 16.5. The van der Waals surface area contributed by atoms with Crippen LogP contribution in [0.2, 0.25) is 0 Å². The van der Waals surface area contributed by atoms with Crippen molar-refractivity contribution in [3.05, 3.63) is 114 Å². The maximum absolute atomic E-state index is 12.6. The Kier molecular flexibility index (Phi) is 7.00. The summed E-state index contributed by atoms with van der Waals surface area (Å²) in [7, 11) is 0. The third-order valence-corrected chi connectivity index (χ3v) is 5.47. The van der Waals surface area contributed by atoms with Crippen LogP contribution >= 0.6 is 0 Å². The van der Waals surface area contributed by atoms with E-state index in [-0.39, 0.29) is 12.3 Å². The third-order valence-electron chi connectivity index (χ3n) is 5.47. The molecular weight excluding hydrogens is 412 g/mol. The van der Waals surface area contributed by atoms with Crippen molar-refractivity contribution in [1.82, 2.24) is 5.32 Å². The minimum absolute atomic E-state index is 0.181. The van der Waals surface area contributed by atoms with E-state index in [1.165, 1.54) is 0 Å². The van der Waals surface area contributed by atoms with Crippen molar-refractivity contribution < 1.29 is 14.3 Å². The second-order valence-corrected chi connectivity index (χ2v) is 8.00.